The van der Waals surface area contributed by atoms with Gasteiger partial charge in [-0.2, -0.15) is 0 Å². The lowest BCUT2D eigenvalue weighted by Gasteiger charge is -2.32. The maximum absolute atomic E-state index is 3.70. The van der Waals surface area contributed by atoms with E-state index in [4.69, 9.17) is 0 Å². The Hall–Kier alpha value is -1.60. The molecule has 0 saturated carbocycles. The first-order valence-corrected chi connectivity index (χ1v) is 8.68. The third-order valence-electron chi connectivity index (χ3n) is 5.91. The van der Waals surface area contributed by atoms with Gasteiger partial charge in [0.2, 0.25) is 0 Å². The van der Waals surface area contributed by atoms with E-state index in [1.165, 1.54) is 19.3 Å². The molecule has 22 heavy (non-hydrogen) atoms. The van der Waals surface area contributed by atoms with Gasteiger partial charge in [-0.15, -0.1) is 0 Å². The van der Waals surface area contributed by atoms with Crippen LogP contribution in [0.2, 0.25) is 0 Å². The van der Waals surface area contributed by atoms with Gasteiger partial charge in [-0.05, 0) is 55.0 Å². The van der Waals surface area contributed by atoms with Crippen LogP contribution in [0.25, 0.3) is 0 Å². The van der Waals surface area contributed by atoms with Crippen molar-refractivity contribution >= 4 is 0 Å². The molecule has 0 aliphatic heterocycles. The summed E-state index contributed by atoms with van der Waals surface area (Å²) < 4.78 is 0. The minimum absolute atomic E-state index is 0.248. The molecule has 1 N–H and O–H groups in total. The number of rotatable bonds is 5. The molecule has 1 nitrogen and oxygen atoms in total. The normalized spacial score (nSPS) is 25.8. The maximum Gasteiger partial charge on any atom is 0.0229 e. The fraction of sp³-hybridized carbons (Fsp3) is 0.429. The van der Waals surface area contributed by atoms with Crippen LogP contribution >= 0.6 is 0 Å². The fourth-order valence-corrected chi connectivity index (χ4v) is 4.62. The molecule has 2 aliphatic carbocycles. The second kappa shape index (κ2) is 5.24. The van der Waals surface area contributed by atoms with Crippen LogP contribution in [0.1, 0.15) is 61.3 Å². The van der Waals surface area contributed by atoms with Gasteiger partial charge < -0.3 is 5.32 Å². The Morgan fingerprint density at radius 2 is 1.64 bits per heavy atom. The summed E-state index contributed by atoms with van der Waals surface area (Å²) in [5.74, 6) is 0.621. The van der Waals surface area contributed by atoms with Crippen LogP contribution in [0.3, 0.4) is 0 Å². The van der Waals surface area contributed by atoms with Crippen molar-refractivity contribution in [3.63, 3.8) is 0 Å². The van der Waals surface area contributed by atoms with Crippen molar-refractivity contribution in [2.75, 3.05) is 6.54 Å². The zero-order chi connectivity index (χ0) is 15.2. The fourth-order valence-electron chi connectivity index (χ4n) is 4.62. The smallest absolute Gasteiger partial charge is 0.0229 e. The molecule has 0 amide bonds. The van der Waals surface area contributed by atoms with Crippen molar-refractivity contribution in [3.05, 3.63) is 70.8 Å². The van der Waals surface area contributed by atoms with E-state index in [-0.39, 0.29) is 5.41 Å². The molecule has 1 unspecified atom stereocenters. The predicted octanol–water partition coefficient (Wildman–Crippen LogP) is 4.60. The van der Waals surface area contributed by atoms with E-state index in [1.54, 1.807) is 22.3 Å². The van der Waals surface area contributed by atoms with Crippen molar-refractivity contribution in [2.45, 2.75) is 50.5 Å². The SMILES string of the molecule is CCC(C)NCCC12CC(c3ccccc31)c1ccccc12. The highest BCUT2D eigenvalue weighted by Gasteiger charge is 2.51. The third kappa shape index (κ3) is 1.88. The summed E-state index contributed by atoms with van der Waals surface area (Å²) in [6.07, 6.45) is 3.68. The predicted molar refractivity (Wildman–Crippen MR) is 92.5 cm³/mol. The highest BCUT2D eigenvalue weighted by Crippen LogP contribution is 2.61. The Labute approximate surface area is 133 Å². The Bertz CT molecular complexity index is 640. The highest BCUT2D eigenvalue weighted by atomic mass is 14.9. The van der Waals surface area contributed by atoms with E-state index in [1.807, 2.05) is 0 Å². The minimum atomic E-state index is 0.248. The molecule has 2 bridgehead atoms. The first-order chi connectivity index (χ1) is 10.8. The number of fused-ring (bicyclic) bond motifs is 8. The monoisotopic (exact) mass is 291 g/mol. The molecular weight excluding hydrogens is 266 g/mol. The van der Waals surface area contributed by atoms with Crippen molar-refractivity contribution in [2.24, 2.45) is 0 Å². The average Bonchev–Trinajstić information content (AvgIpc) is 3.07. The number of hydrogen-bond acceptors (Lipinski definition) is 1. The topological polar surface area (TPSA) is 12.0 Å². The van der Waals surface area contributed by atoms with Crippen LogP contribution in [-0.4, -0.2) is 12.6 Å². The molecule has 2 aromatic carbocycles. The van der Waals surface area contributed by atoms with Crippen LogP contribution in [-0.2, 0) is 5.41 Å². The average molecular weight is 291 g/mol. The molecule has 114 valence electrons. The molecule has 0 heterocycles. The standard InChI is InChI=1S/C21H25N/c1-3-15(2)22-13-12-21-14-18(16-8-4-6-10-19(16)21)17-9-5-7-11-20(17)21/h4-11,15,18,22H,3,12-14H2,1-2H3. The zero-order valence-corrected chi connectivity index (χ0v) is 13.6. The third-order valence-corrected chi connectivity index (χ3v) is 5.91. The van der Waals surface area contributed by atoms with Crippen molar-refractivity contribution in [1.29, 1.82) is 0 Å². The first kappa shape index (κ1) is 14.0. The summed E-state index contributed by atoms with van der Waals surface area (Å²) in [5.41, 5.74) is 6.57. The van der Waals surface area contributed by atoms with Crippen molar-refractivity contribution < 1.29 is 0 Å². The lowest BCUT2D eigenvalue weighted by molar-refractivity contribution is 0.436. The zero-order valence-electron chi connectivity index (χ0n) is 13.6. The van der Waals surface area contributed by atoms with Crippen LogP contribution in [0.5, 0.6) is 0 Å². The van der Waals surface area contributed by atoms with E-state index < -0.39 is 0 Å². The van der Waals surface area contributed by atoms with Gasteiger partial charge >= 0.3 is 0 Å². The summed E-state index contributed by atoms with van der Waals surface area (Å²) in [6, 6.07) is 18.9. The van der Waals surface area contributed by atoms with E-state index in [2.05, 4.69) is 67.7 Å². The first-order valence-electron chi connectivity index (χ1n) is 8.68. The minimum Gasteiger partial charge on any atom is -0.314 e. The molecule has 1 heteroatoms. The van der Waals surface area contributed by atoms with Crippen LogP contribution in [0.4, 0.5) is 0 Å². The summed E-state index contributed by atoms with van der Waals surface area (Å²) in [7, 11) is 0. The Balaban J connectivity index is 1.72. The van der Waals surface area contributed by atoms with E-state index in [0.29, 0.717) is 12.0 Å². The Morgan fingerprint density at radius 3 is 2.23 bits per heavy atom. The van der Waals surface area contributed by atoms with Crippen molar-refractivity contribution in [1.82, 2.24) is 5.32 Å². The molecule has 0 spiro atoms. The number of benzene rings is 2. The molecule has 2 aliphatic rings. The summed E-state index contributed by atoms with van der Waals surface area (Å²) >= 11 is 0. The Morgan fingerprint density at radius 1 is 1.05 bits per heavy atom. The molecule has 1 atom stereocenters. The van der Waals surface area contributed by atoms with Crippen LogP contribution in [0, 0.1) is 0 Å². The van der Waals surface area contributed by atoms with Gasteiger partial charge in [-0.1, -0.05) is 55.5 Å². The Kier molecular flexibility index (Phi) is 3.34. The summed E-state index contributed by atoms with van der Waals surface area (Å²) in [5, 5.41) is 3.70. The van der Waals surface area contributed by atoms with Gasteiger partial charge in [-0.25, -0.2) is 0 Å². The van der Waals surface area contributed by atoms with Crippen LogP contribution in [0.15, 0.2) is 48.5 Å². The molecule has 4 rings (SSSR count). The van der Waals surface area contributed by atoms with E-state index >= 15 is 0 Å². The van der Waals surface area contributed by atoms with Crippen LogP contribution < -0.4 is 5.32 Å². The molecule has 0 saturated heterocycles. The van der Waals surface area contributed by atoms with Crippen molar-refractivity contribution in [3.8, 4) is 0 Å². The van der Waals surface area contributed by atoms with Gasteiger partial charge in [0, 0.05) is 17.4 Å². The lowest BCUT2D eigenvalue weighted by Crippen LogP contribution is -2.33. The second-order valence-electron chi connectivity index (χ2n) is 7.03. The van der Waals surface area contributed by atoms with Gasteiger partial charge in [0.15, 0.2) is 0 Å². The quantitative estimate of drug-likeness (QED) is 0.849. The lowest BCUT2D eigenvalue weighted by atomic mass is 9.73. The highest BCUT2D eigenvalue weighted by molar-refractivity contribution is 5.62. The van der Waals surface area contributed by atoms with E-state index in [0.717, 1.165) is 6.54 Å². The number of nitrogens with one attached hydrogen (secondary N) is 1. The molecule has 2 aromatic rings. The van der Waals surface area contributed by atoms with E-state index in [9.17, 15) is 0 Å². The van der Waals surface area contributed by atoms with Gasteiger partial charge in [0.1, 0.15) is 0 Å². The van der Waals surface area contributed by atoms with Gasteiger partial charge in [-0.3, -0.25) is 0 Å². The maximum atomic E-state index is 3.70. The molecule has 0 radical (unpaired) electrons. The summed E-state index contributed by atoms with van der Waals surface area (Å²) in [4.78, 5) is 0. The largest absolute Gasteiger partial charge is 0.314 e. The molecule has 0 fully saturated rings. The number of hydrogen-bond donors (Lipinski definition) is 1. The second-order valence-corrected chi connectivity index (χ2v) is 7.03. The van der Waals surface area contributed by atoms with Gasteiger partial charge in [0.05, 0.1) is 0 Å². The van der Waals surface area contributed by atoms with Gasteiger partial charge in [0.25, 0.3) is 0 Å². The molecule has 0 aromatic heterocycles. The summed E-state index contributed by atoms with van der Waals surface area (Å²) in [6.45, 7) is 5.64. The molecular formula is C21H25N.